The minimum absolute atomic E-state index is 0.0937. The van der Waals surface area contributed by atoms with Crippen molar-refractivity contribution in [3.05, 3.63) is 46.6 Å². The summed E-state index contributed by atoms with van der Waals surface area (Å²) in [5, 5.41) is 8.72. The van der Waals surface area contributed by atoms with Crippen LogP contribution in [0.25, 0.3) is 22.6 Å². The maximum atomic E-state index is 11.3. The van der Waals surface area contributed by atoms with Crippen molar-refractivity contribution in [2.75, 3.05) is 13.2 Å². The highest BCUT2D eigenvalue weighted by Gasteiger charge is 2.09. The van der Waals surface area contributed by atoms with Gasteiger partial charge in [-0.15, -0.1) is 0 Å². The molecule has 1 aliphatic heterocycles. The molecule has 0 aromatic heterocycles. The van der Waals surface area contributed by atoms with Gasteiger partial charge in [0.1, 0.15) is 17.0 Å². The molecular weight excluding hydrogens is 258 g/mol. The molecule has 0 fully saturated rings. The van der Waals surface area contributed by atoms with E-state index in [-0.39, 0.29) is 12.0 Å². The molecule has 0 radical (unpaired) electrons. The number of aliphatic hydroxyl groups excluding tert-OH is 1. The van der Waals surface area contributed by atoms with Crippen molar-refractivity contribution in [3.8, 4) is 17.2 Å². The van der Waals surface area contributed by atoms with Crippen molar-refractivity contribution in [1.82, 2.24) is 4.98 Å². The molecular formula is C15H13NO4. The fourth-order valence-electron chi connectivity index (χ4n) is 1.93. The summed E-state index contributed by atoms with van der Waals surface area (Å²) in [4.78, 5) is 15.8. The monoisotopic (exact) mass is 271 g/mol. The van der Waals surface area contributed by atoms with Crippen molar-refractivity contribution < 1.29 is 14.3 Å². The van der Waals surface area contributed by atoms with Crippen molar-refractivity contribution in [1.29, 1.82) is 0 Å². The fourth-order valence-corrected chi connectivity index (χ4v) is 1.93. The Morgan fingerprint density at radius 2 is 2.10 bits per heavy atom. The van der Waals surface area contributed by atoms with Crippen LogP contribution in [0, 0.1) is 0 Å². The summed E-state index contributed by atoms with van der Waals surface area (Å²) >= 11 is 0. The zero-order chi connectivity index (χ0) is 13.9. The summed E-state index contributed by atoms with van der Waals surface area (Å²) in [5.74, 6) is 1.10. The van der Waals surface area contributed by atoms with Crippen molar-refractivity contribution in [3.63, 3.8) is 0 Å². The third-order valence-electron chi connectivity index (χ3n) is 2.89. The second kappa shape index (κ2) is 5.30. The summed E-state index contributed by atoms with van der Waals surface area (Å²) in [6.07, 6.45) is 0.574. The van der Waals surface area contributed by atoms with Gasteiger partial charge in [-0.25, -0.2) is 4.98 Å². The van der Waals surface area contributed by atoms with Gasteiger partial charge in [0.05, 0.1) is 6.61 Å². The second-order valence-corrected chi connectivity index (χ2v) is 4.40. The molecule has 0 unspecified atom stereocenters. The van der Waals surface area contributed by atoms with E-state index in [9.17, 15) is 4.79 Å². The fraction of sp³-hybridized carbons (Fsp3) is 0.200. The highest BCUT2D eigenvalue weighted by atomic mass is 16.5. The Labute approximate surface area is 114 Å². The van der Waals surface area contributed by atoms with Gasteiger partial charge < -0.3 is 14.3 Å². The number of fused-ring (bicyclic) bond motifs is 2. The number of rotatable bonds is 4. The molecule has 0 saturated carbocycles. The highest BCUT2D eigenvalue weighted by molar-refractivity contribution is 5.77. The van der Waals surface area contributed by atoms with Crippen LogP contribution in [-0.4, -0.2) is 23.3 Å². The van der Waals surface area contributed by atoms with E-state index in [0.717, 1.165) is 0 Å². The molecule has 5 heteroatoms. The lowest BCUT2D eigenvalue weighted by atomic mass is 10.2. The largest absolute Gasteiger partial charge is 0.493 e. The Kier molecular flexibility index (Phi) is 3.35. The molecule has 0 bridgehead atoms. The van der Waals surface area contributed by atoms with Crippen LogP contribution in [0.2, 0.25) is 0 Å². The van der Waals surface area contributed by atoms with Gasteiger partial charge >= 0.3 is 0 Å². The maximum Gasteiger partial charge on any atom is 0.182 e. The first-order valence-electron chi connectivity index (χ1n) is 6.34. The lowest BCUT2D eigenvalue weighted by Gasteiger charge is -2.08. The third kappa shape index (κ3) is 2.48. The molecule has 1 aromatic rings. The van der Waals surface area contributed by atoms with E-state index < -0.39 is 0 Å². The van der Waals surface area contributed by atoms with Gasteiger partial charge in [0.2, 0.25) is 0 Å². The Morgan fingerprint density at radius 3 is 2.95 bits per heavy atom. The molecule has 5 nitrogen and oxygen atoms in total. The smallest absolute Gasteiger partial charge is 0.182 e. The standard InChI is InChI=1S/C15H13NO4/c17-6-1-7-19-11-3-5-13-15(9-11)20-14-8-10(18)2-4-12(14)16-13/h2-5,8-9,17H,1,6-7H2. The minimum atomic E-state index is -0.113. The first-order chi connectivity index (χ1) is 9.76. The van der Waals surface area contributed by atoms with Crippen LogP contribution >= 0.6 is 0 Å². The van der Waals surface area contributed by atoms with Gasteiger partial charge in [-0.2, -0.15) is 0 Å². The van der Waals surface area contributed by atoms with E-state index in [4.69, 9.17) is 14.3 Å². The average molecular weight is 271 g/mol. The summed E-state index contributed by atoms with van der Waals surface area (Å²) in [7, 11) is 0. The number of benzene rings is 2. The van der Waals surface area contributed by atoms with Gasteiger partial charge in [-0.05, 0) is 24.3 Å². The number of aliphatic hydroxyl groups is 1. The third-order valence-corrected chi connectivity index (χ3v) is 2.89. The Bertz CT molecular complexity index is 765. The van der Waals surface area contributed by atoms with Crippen molar-refractivity contribution in [2.24, 2.45) is 0 Å². The summed E-state index contributed by atoms with van der Waals surface area (Å²) in [6.45, 7) is 0.532. The van der Waals surface area contributed by atoms with E-state index in [0.29, 0.717) is 41.3 Å². The molecule has 2 aliphatic rings. The number of nitrogens with zero attached hydrogens (tertiary/aromatic N) is 1. The van der Waals surface area contributed by atoms with Gasteiger partial charge in [0.15, 0.2) is 16.8 Å². The number of aromatic nitrogens is 1. The molecule has 0 atom stereocenters. The topological polar surface area (TPSA) is 72.6 Å². The van der Waals surface area contributed by atoms with Crippen LogP contribution in [-0.2, 0) is 0 Å². The summed E-state index contributed by atoms with van der Waals surface area (Å²) in [5.41, 5.74) is 1.79. The van der Waals surface area contributed by atoms with Gasteiger partial charge in [-0.3, -0.25) is 4.79 Å². The molecule has 3 rings (SSSR count). The Morgan fingerprint density at radius 1 is 1.20 bits per heavy atom. The molecule has 1 heterocycles. The van der Waals surface area contributed by atoms with E-state index in [2.05, 4.69) is 4.98 Å². The Balaban J connectivity index is 2.02. The molecule has 102 valence electrons. The minimum Gasteiger partial charge on any atom is -0.493 e. The van der Waals surface area contributed by atoms with Gasteiger partial charge in [0, 0.05) is 25.2 Å². The molecule has 1 aliphatic carbocycles. The van der Waals surface area contributed by atoms with E-state index in [1.54, 1.807) is 24.3 Å². The molecule has 0 spiro atoms. The molecule has 1 aromatic carbocycles. The van der Waals surface area contributed by atoms with Crippen LogP contribution in [0.3, 0.4) is 0 Å². The van der Waals surface area contributed by atoms with E-state index in [1.165, 1.54) is 12.1 Å². The molecule has 20 heavy (non-hydrogen) atoms. The number of ether oxygens (including phenoxy) is 1. The second-order valence-electron chi connectivity index (χ2n) is 4.40. The molecule has 0 saturated heterocycles. The number of hydrogen-bond acceptors (Lipinski definition) is 5. The SMILES string of the molecule is O=c1ccc2nc3ccc(OCCCO)cc3oc-2c1. The van der Waals surface area contributed by atoms with Gasteiger partial charge in [0.25, 0.3) is 0 Å². The summed E-state index contributed by atoms with van der Waals surface area (Å²) < 4.78 is 11.2. The van der Waals surface area contributed by atoms with Crippen LogP contribution in [0.1, 0.15) is 6.42 Å². The average Bonchev–Trinajstić information content (AvgIpc) is 2.45. The van der Waals surface area contributed by atoms with Crippen molar-refractivity contribution >= 4 is 11.1 Å². The first kappa shape index (κ1) is 12.6. The number of hydrogen-bond donors (Lipinski definition) is 1. The zero-order valence-electron chi connectivity index (χ0n) is 10.7. The van der Waals surface area contributed by atoms with Crippen LogP contribution in [0.4, 0.5) is 0 Å². The lowest BCUT2D eigenvalue weighted by molar-refractivity contribution is 0.233. The normalized spacial score (nSPS) is 11.1. The first-order valence-corrected chi connectivity index (χ1v) is 6.34. The summed E-state index contributed by atoms with van der Waals surface area (Å²) in [6, 6.07) is 9.86. The predicted octanol–water partition coefficient (Wildman–Crippen LogP) is 2.05. The van der Waals surface area contributed by atoms with E-state index in [1.807, 2.05) is 0 Å². The zero-order valence-corrected chi connectivity index (χ0v) is 10.7. The quantitative estimate of drug-likeness (QED) is 0.581. The van der Waals surface area contributed by atoms with Crippen LogP contribution in [0.15, 0.2) is 45.6 Å². The maximum absolute atomic E-state index is 11.3. The Hall–Kier alpha value is -2.40. The van der Waals surface area contributed by atoms with Crippen LogP contribution < -0.4 is 10.2 Å². The van der Waals surface area contributed by atoms with Crippen molar-refractivity contribution in [2.45, 2.75) is 6.42 Å². The predicted molar refractivity (Wildman–Crippen MR) is 74.1 cm³/mol. The molecule has 1 N–H and O–H groups in total. The van der Waals surface area contributed by atoms with Crippen LogP contribution in [0.5, 0.6) is 5.75 Å². The highest BCUT2D eigenvalue weighted by Crippen LogP contribution is 2.26. The van der Waals surface area contributed by atoms with E-state index >= 15 is 0 Å². The van der Waals surface area contributed by atoms with Gasteiger partial charge in [-0.1, -0.05) is 0 Å². The lowest BCUT2D eigenvalue weighted by Crippen LogP contribution is -2.01. The molecule has 0 amide bonds.